The van der Waals surface area contributed by atoms with E-state index in [4.69, 9.17) is 4.52 Å². The molecule has 30 heavy (non-hydrogen) atoms. The average molecular weight is 550 g/mol. The van der Waals surface area contributed by atoms with Crippen molar-refractivity contribution in [3.05, 3.63) is 58.0 Å². The number of hydrogen-bond donors (Lipinski definition) is 1. The van der Waals surface area contributed by atoms with Crippen molar-refractivity contribution in [2.24, 2.45) is 4.99 Å². The maximum atomic E-state index is 12.5. The van der Waals surface area contributed by atoms with Crippen molar-refractivity contribution in [3.63, 3.8) is 0 Å². The summed E-state index contributed by atoms with van der Waals surface area (Å²) in [6.07, 6.45) is 1.35. The zero-order valence-corrected chi connectivity index (χ0v) is 19.4. The second-order valence-corrected chi connectivity index (χ2v) is 8.43. The number of guanidine groups is 1. The summed E-state index contributed by atoms with van der Waals surface area (Å²) in [4.78, 5) is 16.5. The summed E-state index contributed by atoms with van der Waals surface area (Å²) in [6, 6.07) is 7.83. The number of nitrogens with one attached hydrogen (secondary N) is 1. The predicted octanol–water partition coefficient (Wildman–Crippen LogP) is 1.42. The minimum absolute atomic E-state index is 0. The Labute approximate surface area is 191 Å². The molecule has 1 saturated heterocycles. The second kappa shape index (κ2) is 10.7. The molecule has 0 unspecified atom stereocenters. The highest BCUT2D eigenvalue weighted by molar-refractivity contribution is 14.0. The van der Waals surface area contributed by atoms with Gasteiger partial charge in [0.25, 0.3) is 5.69 Å². The van der Waals surface area contributed by atoms with Crippen LogP contribution in [0.15, 0.2) is 46.1 Å². The van der Waals surface area contributed by atoms with Gasteiger partial charge in [0.15, 0.2) is 5.96 Å². The quantitative estimate of drug-likeness (QED) is 0.188. The molecule has 1 fully saturated rings. The van der Waals surface area contributed by atoms with E-state index < -0.39 is 14.9 Å². The molecule has 0 amide bonds. The van der Waals surface area contributed by atoms with E-state index in [2.05, 4.69) is 15.5 Å². The zero-order valence-electron chi connectivity index (χ0n) is 16.3. The highest BCUT2D eigenvalue weighted by Gasteiger charge is 2.28. The fourth-order valence-corrected chi connectivity index (χ4v) is 4.44. The van der Waals surface area contributed by atoms with E-state index in [-0.39, 0.29) is 35.4 Å². The third kappa shape index (κ3) is 6.12. The van der Waals surface area contributed by atoms with Gasteiger partial charge < -0.3 is 14.7 Å². The molecule has 1 aliphatic rings. The van der Waals surface area contributed by atoms with Gasteiger partial charge in [0.1, 0.15) is 12.0 Å². The molecule has 0 saturated carbocycles. The van der Waals surface area contributed by atoms with Crippen molar-refractivity contribution in [2.75, 3.05) is 33.2 Å². The predicted molar refractivity (Wildman–Crippen MR) is 121 cm³/mol. The summed E-state index contributed by atoms with van der Waals surface area (Å²) in [5.74, 6) is 0.466. The molecule has 0 spiro atoms. The minimum Gasteiger partial charge on any atom is -0.364 e. The third-order valence-electron chi connectivity index (χ3n) is 4.56. The first-order valence-electron chi connectivity index (χ1n) is 8.95. The number of rotatable bonds is 6. The molecule has 13 heteroatoms. The Morgan fingerprint density at radius 2 is 1.90 bits per heavy atom. The molecule has 2 aromatic rings. The number of aromatic nitrogens is 1. The second-order valence-electron chi connectivity index (χ2n) is 6.46. The number of nitrogens with zero attached hydrogens (tertiary/aromatic N) is 5. The molecule has 3 rings (SSSR count). The maximum Gasteiger partial charge on any atom is 0.269 e. The van der Waals surface area contributed by atoms with Crippen molar-refractivity contribution < 1.29 is 17.9 Å². The van der Waals surface area contributed by atoms with Gasteiger partial charge in [-0.1, -0.05) is 17.3 Å². The van der Waals surface area contributed by atoms with Crippen LogP contribution in [0.2, 0.25) is 0 Å². The van der Waals surface area contributed by atoms with Crippen LogP contribution >= 0.6 is 24.0 Å². The minimum atomic E-state index is -3.46. The molecular formula is C17H23IN6O5S. The van der Waals surface area contributed by atoms with Crippen molar-refractivity contribution in [2.45, 2.75) is 12.3 Å². The summed E-state index contributed by atoms with van der Waals surface area (Å²) in [5, 5.41) is 17.6. The zero-order chi connectivity index (χ0) is 20.9. The summed E-state index contributed by atoms with van der Waals surface area (Å²) in [6.45, 7) is 2.14. The van der Waals surface area contributed by atoms with Crippen molar-refractivity contribution in [1.82, 2.24) is 19.7 Å². The van der Waals surface area contributed by atoms with Crippen LogP contribution in [0.1, 0.15) is 11.3 Å². The smallest absolute Gasteiger partial charge is 0.269 e. The highest BCUT2D eigenvalue weighted by Crippen LogP contribution is 2.14. The van der Waals surface area contributed by atoms with Gasteiger partial charge in [0, 0.05) is 58.0 Å². The Morgan fingerprint density at radius 3 is 2.43 bits per heavy atom. The van der Waals surface area contributed by atoms with Crippen LogP contribution in [-0.4, -0.2) is 66.9 Å². The van der Waals surface area contributed by atoms with E-state index in [0.717, 1.165) is 5.56 Å². The number of nitro groups is 1. The van der Waals surface area contributed by atoms with Crippen molar-refractivity contribution >= 4 is 45.6 Å². The van der Waals surface area contributed by atoms with Gasteiger partial charge >= 0.3 is 0 Å². The summed E-state index contributed by atoms with van der Waals surface area (Å²) in [7, 11) is -1.80. The summed E-state index contributed by atoms with van der Waals surface area (Å²) in [5.41, 5.74) is 1.31. The number of aliphatic imine (C=N–C) groups is 1. The average Bonchev–Trinajstić information content (AvgIpc) is 3.21. The first kappa shape index (κ1) is 24.0. The first-order chi connectivity index (χ1) is 13.9. The fraction of sp³-hybridized carbons (Fsp3) is 0.412. The molecule has 1 aromatic heterocycles. The number of hydrogen-bond acceptors (Lipinski definition) is 7. The summed E-state index contributed by atoms with van der Waals surface area (Å²) >= 11 is 0. The maximum absolute atomic E-state index is 12.5. The molecule has 11 nitrogen and oxygen atoms in total. The number of piperazine rings is 1. The Morgan fingerprint density at radius 1 is 1.23 bits per heavy atom. The van der Waals surface area contributed by atoms with E-state index in [1.54, 1.807) is 19.2 Å². The lowest BCUT2D eigenvalue weighted by Crippen LogP contribution is -2.53. The van der Waals surface area contributed by atoms with Gasteiger partial charge in [0.05, 0.1) is 10.6 Å². The topological polar surface area (TPSA) is 134 Å². The summed E-state index contributed by atoms with van der Waals surface area (Å²) < 4.78 is 31.2. The molecule has 0 bridgehead atoms. The van der Waals surface area contributed by atoms with Gasteiger partial charge in [-0.15, -0.1) is 24.0 Å². The lowest BCUT2D eigenvalue weighted by atomic mass is 10.2. The number of nitro benzene ring substituents is 1. The molecule has 0 atom stereocenters. The van der Waals surface area contributed by atoms with Gasteiger partial charge in [-0.25, -0.2) is 8.42 Å². The first-order valence-corrected chi connectivity index (χ1v) is 10.6. The lowest BCUT2D eigenvalue weighted by molar-refractivity contribution is -0.384. The Kier molecular flexibility index (Phi) is 8.54. The van der Waals surface area contributed by atoms with Gasteiger partial charge in [-0.2, -0.15) is 4.31 Å². The SMILES string of the molecule is CN=C(NCc1ccc([N+](=O)[O-])cc1)N1CCN(S(=O)(=O)Cc2ccon2)CC1.I. The van der Waals surface area contributed by atoms with Crippen molar-refractivity contribution in [1.29, 1.82) is 0 Å². The van der Waals surface area contributed by atoms with Crippen LogP contribution in [0.5, 0.6) is 0 Å². The Balaban J connectivity index is 0.00000320. The van der Waals surface area contributed by atoms with E-state index in [1.807, 2.05) is 4.90 Å². The van der Waals surface area contributed by atoms with Gasteiger partial charge in [-0.3, -0.25) is 15.1 Å². The fourth-order valence-electron chi connectivity index (χ4n) is 3.02. The molecule has 1 N–H and O–H groups in total. The van der Waals surface area contributed by atoms with E-state index >= 15 is 0 Å². The van der Waals surface area contributed by atoms with Gasteiger partial charge in [0.2, 0.25) is 10.0 Å². The number of benzene rings is 1. The third-order valence-corrected chi connectivity index (χ3v) is 6.38. The Hall–Kier alpha value is -2.26. The van der Waals surface area contributed by atoms with Crippen LogP contribution in [0.25, 0.3) is 0 Å². The normalized spacial score (nSPS) is 15.5. The standard InChI is InChI=1S/C17H22N6O5S.HI/c1-18-17(19-12-14-2-4-16(5-3-14)23(24)25)21-7-9-22(10-8-21)29(26,27)13-15-6-11-28-20-15;/h2-6,11H,7-10,12-13H2,1H3,(H,18,19);1H. The van der Waals surface area contributed by atoms with Crippen LogP contribution < -0.4 is 5.32 Å². The molecule has 1 aliphatic heterocycles. The largest absolute Gasteiger partial charge is 0.364 e. The molecule has 164 valence electrons. The van der Waals surface area contributed by atoms with E-state index in [0.29, 0.717) is 44.4 Å². The van der Waals surface area contributed by atoms with Crippen LogP contribution in [0.3, 0.4) is 0 Å². The number of halogens is 1. The molecule has 2 heterocycles. The van der Waals surface area contributed by atoms with Gasteiger partial charge in [-0.05, 0) is 5.56 Å². The molecule has 0 radical (unpaired) electrons. The highest BCUT2D eigenvalue weighted by atomic mass is 127. The molecule has 0 aliphatic carbocycles. The number of sulfonamides is 1. The van der Waals surface area contributed by atoms with E-state index in [1.165, 1.54) is 28.8 Å². The van der Waals surface area contributed by atoms with Crippen molar-refractivity contribution in [3.8, 4) is 0 Å². The molecular weight excluding hydrogens is 527 g/mol. The lowest BCUT2D eigenvalue weighted by Gasteiger charge is -2.35. The monoisotopic (exact) mass is 550 g/mol. The van der Waals surface area contributed by atoms with Crippen LogP contribution in [-0.2, 0) is 22.3 Å². The van der Waals surface area contributed by atoms with Crippen LogP contribution in [0.4, 0.5) is 5.69 Å². The van der Waals surface area contributed by atoms with E-state index in [9.17, 15) is 18.5 Å². The molecule has 1 aromatic carbocycles. The Bertz CT molecular complexity index is 957. The number of non-ortho nitro benzene ring substituents is 1. The van der Waals surface area contributed by atoms with Crippen LogP contribution in [0, 0.1) is 10.1 Å².